The van der Waals surface area contributed by atoms with E-state index in [1.54, 1.807) is 30.8 Å². The average molecular weight is 419 g/mol. The SMILES string of the molecule is COC(C)(C)C(=O)N1CCOc2cc3c(c(C)c21)CCN(C(=O)OC(C)(C)C)CC3. The maximum absolute atomic E-state index is 13.2. The molecule has 0 fully saturated rings. The Labute approximate surface area is 179 Å². The van der Waals surface area contributed by atoms with Crippen LogP contribution in [-0.4, -0.2) is 61.5 Å². The van der Waals surface area contributed by atoms with Crippen LogP contribution in [0.3, 0.4) is 0 Å². The van der Waals surface area contributed by atoms with E-state index in [1.807, 2.05) is 33.8 Å². The summed E-state index contributed by atoms with van der Waals surface area (Å²) in [5.41, 5.74) is 2.76. The van der Waals surface area contributed by atoms with Crippen molar-refractivity contribution in [2.24, 2.45) is 0 Å². The molecule has 7 nitrogen and oxygen atoms in total. The van der Waals surface area contributed by atoms with E-state index in [0.717, 1.165) is 29.0 Å². The number of benzene rings is 1. The van der Waals surface area contributed by atoms with Gasteiger partial charge in [0.2, 0.25) is 0 Å². The summed E-state index contributed by atoms with van der Waals surface area (Å²) >= 11 is 0. The second kappa shape index (κ2) is 8.10. The van der Waals surface area contributed by atoms with Gasteiger partial charge in [0.25, 0.3) is 5.91 Å². The molecule has 0 bridgehead atoms. The number of hydrogen-bond donors (Lipinski definition) is 0. The van der Waals surface area contributed by atoms with E-state index >= 15 is 0 Å². The van der Waals surface area contributed by atoms with Crippen molar-refractivity contribution in [2.75, 3.05) is 38.3 Å². The van der Waals surface area contributed by atoms with Gasteiger partial charge in [-0.1, -0.05) is 0 Å². The Morgan fingerprint density at radius 3 is 2.37 bits per heavy atom. The number of carbonyl (C=O) groups is 2. The van der Waals surface area contributed by atoms with E-state index in [9.17, 15) is 9.59 Å². The normalized spacial score (nSPS) is 16.9. The summed E-state index contributed by atoms with van der Waals surface area (Å²) in [6.07, 6.45) is 1.15. The lowest BCUT2D eigenvalue weighted by Crippen LogP contribution is -2.49. The van der Waals surface area contributed by atoms with E-state index in [1.165, 1.54) is 5.56 Å². The number of ether oxygens (including phenoxy) is 3. The number of amides is 2. The number of carbonyl (C=O) groups excluding carboxylic acids is 2. The summed E-state index contributed by atoms with van der Waals surface area (Å²) in [7, 11) is 1.55. The van der Waals surface area contributed by atoms with Crippen LogP contribution in [-0.2, 0) is 27.1 Å². The molecule has 0 N–H and O–H groups in total. The van der Waals surface area contributed by atoms with Crippen molar-refractivity contribution in [3.8, 4) is 5.75 Å². The van der Waals surface area contributed by atoms with Crippen LogP contribution in [0.5, 0.6) is 5.75 Å². The van der Waals surface area contributed by atoms with E-state index < -0.39 is 11.2 Å². The lowest BCUT2D eigenvalue weighted by molar-refractivity contribution is -0.136. The van der Waals surface area contributed by atoms with Gasteiger partial charge in [-0.3, -0.25) is 4.79 Å². The molecule has 0 unspecified atom stereocenters. The predicted molar refractivity (Wildman–Crippen MR) is 115 cm³/mol. The average Bonchev–Trinajstić information content (AvgIpc) is 2.88. The van der Waals surface area contributed by atoms with E-state index in [4.69, 9.17) is 14.2 Å². The van der Waals surface area contributed by atoms with Gasteiger partial charge in [-0.15, -0.1) is 0 Å². The van der Waals surface area contributed by atoms with Crippen LogP contribution >= 0.6 is 0 Å². The van der Waals surface area contributed by atoms with Crippen LogP contribution in [0.15, 0.2) is 6.07 Å². The molecule has 0 aromatic heterocycles. The van der Waals surface area contributed by atoms with Gasteiger partial charge in [-0.05, 0) is 77.1 Å². The zero-order valence-electron chi connectivity index (χ0n) is 19.3. The molecular formula is C23H34N2O5. The topological polar surface area (TPSA) is 68.3 Å². The highest BCUT2D eigenvalue weighted by Gasteiger charge is 2.37. The number of fused-ring (bicyclic) bond motifs is 2. The van der Waals surface area contributed by atoms with Gasteiger partial charge in [-0.2, -0.15) is 0 Å². The minimum Gasteiger partial charge on any atom is -0.490 e. The Morgan fingerprint density at radius 2 is 1.73 bits per heavy atom. The first-order valence-electron chi connectivity index (χ1n) is 10.6. The lowest BCUT2D eigenvalue weighted by Gasteiger charge is -2.36. The molecule has 3 rings (SSSR count). The third-order valence-electron chi connectivity index (χ3n) is 5.78. The highest BCUT2D eigenvalue weighted by atomic mass is 16.6. The minimum atomic E-state index is -0.915. The molecule has 1 aromatic carbocycles. The second-order valence-electron chi connectivity index (χ2n) is 9.47. The molecule has 0 spiro atoms. The number of hydrogen-bond acceptors (Lipinski definition) is 5. The molecule has 0 atom stereocenters. The Hall–Kier alpha value is -2.28. The van der Waals surface area contributed by atoms with Crippen molar-refractivity contribution in [1.82, 2.24) is 4.90 Å². The Bertz CT molecular complexity index is 841. The largest absolute Gasteiger partial charge is 0.490 e. The van der Waals surface area contributed by atoms with Gasteiger partial charge in [0, 0.05) is 20.2 Å². The van der Waals surface area contributed by atoms with Crippen LogP contribution in [0.4, 0.5) is 10.5 Å². The highest BCUT2D eigenvalue weighted by Crippen LogP contribution is 2.41. The summed E-state index contributed by atoms with van der Waals surface area (Å²) in [4.78, 5) is 29.3. The monoisotopic (exact) mass is 418 g/mol. The molecule has 2 aliphatic rings. The first kappa shape index (κ1) is 22.4. The van der Waals surface area contributed by atoms with Crippen molar-refractivity contribution in [2.45, 2.75) is 65.6 Å². The molecular weight excluding hydrogens is 384 g/mol. The fourth-order valence-electron chi connectivity index (χ4n) is 4.00. The number of anilines is 1. The van der Waals surface area contributed by atoms with Gasteiger partial charge in [0.1, 0.15) is 23.6 Å². The molecule has 7 heteroatoms. The first-order valence-corrected chi connectivity index (χ1v) is 10.6. The molecule has 2 heterocycles. The van der Waals surface area contributed by atoms with Crippen molar-refractivity contribution < 1.29 is 23.8 Å². The van der Waals surface area contributed by atoms with Gasteiger partial charge >= 0.3 is 6.09 Å². The van der Waals surface area contributed by atoms with Gasteiger partial charge in [0.15, 0.2) is 0 Å². The number of nitrogens with zero attached hydrogens (tertiary/aromatic N) is 2. The summed E-state index contributed by atoms with van der Waals surface area (Å²) in [5, 5.41) is 0. The van der Waals surface area contributed by atoms with Crippen molar-refractivity contribution in [1.29, 1.82) is 0 Å². The van der Waals surface area contributed by atoms with E-state index in [2.05, 4.69) is 0 Å². The van der Waals surface area contributed by atoms with Gasteiger partial charge in [-0.25, -0.2) is 4.79 Å². The van der Waals surface area contributed by atoms with Crippen LogP contribution < -0.4 is 9.64 Å². The zero-order chi connectivity index (χ0) is 22.3. The highest BCUT2D eigenvalue weighted by molar-refractivity contribution is 6.01. The minimum absolute atomic E-state index is 0.0818. The van der Waals surface area contributed by atoms with Crippen molar-refractivity contribution in [3.05, 3.63) is 22.8 Å². The molecule has 0 saturated carbocycles. The Morgan fingerprint density at radius 1 is 1.07 bits per heavy atom. The zero-order valence-corrected chi connectivity index (χ0v) is 19.3. The third kappa shape index (κ3) is 4.41. The van der Waals surface area contributed by atoms with E-state index in [0.29, 0.717) is 32.7 Å². The molecule has 2 aliphatic heterocycles. The maximum atomic E-state index is 13.2. The van der Waals surface area contributed by atoms with Gasteiger partial charge < -0.3 is 24.0 Å². The molecule has 0 saturated heterocycles. The lowest BCUT2D eigenvalue weighted by atomic mass is 9.94. The summed E-state index contributed by atoms with van der Waals surface area (Å²) < 4.78 is 16.9. The van der Waals surface area contributed by atoms with Crippen LogP contribution in [0.25, 0.3) is 0 Å². The fourth-order valence-corrected chi connectivity index (χ4v) is 4.00. The van der Waals surface area contributed by atoms with Crippen molar-refractivity contribution in [3.63, 3.8) is 0 Å². The molecule has 0 radical (unpaired) electrons. The predicted octanol–water partition coefficient (Wildman–Crippen LogP) is 3.48. The fraction of sp³-hybridized carbons (Fsp3) is 0.652. The number of methoxy groups -OCH3 is 1. The standard InChI is InChI=1S/C23H34N2O5/c1-15-17-9-11-24(21(27)30-22(2,3)4)10-8-16(17)14-18-19(15)25(12-13-29-18)20(26)23(5,6)28-7/h14H,8-13H2,1-7H3. The third-order valence-corrected chi connectivity index (χ3v) is 5.78. The van der Waals surface area contributed by atoms with Crippen LogP contribution in [0.2, 0.25) is 0 Å². The first-order chi connectivity index (χ1) is 13.9. The van der Waals surface area contributed by atoms with Crippen LogP contribution in [0, 0.1) is 6.92 Å². The van der Waals surface area contributed by atoms with E-state index in [-0.39, 0.29) is 12.0 Å². The maximum Gasteiger partial charge on any atom is 0.410 e. The second-order valence-corrected chi connectivity index (χ2v) is 9.47. The Balaban J connectivity index is 1.91. The number of rotatable bonds is 2. The molecule has 166 valence electrons. The molecule has 2 amide bonds. The summed E-state index contributed by atoms with van der Waals surface area (Å²) in [6, 6.07) is 2.04. The quantitative estimate of drug-likeness (QED) is 0.736. The molecule has 30 heavy (non-hydrogen) atoms. The van der Waals surface area contributed by atoms with Gasteiger partial charge in [0.05, 0.1) is 12.2 Å². The summed E-state index contributed by atoms with van der Waals surface area (Å²) in [5.74, 6) is 0.644. The molecule has 0 aliphatic carbocycles. The Kier molecular flexibility index (Phi) is 6.05. The molecule has 1 aromatic rings. The van der Waals surface area contributed by atoms with Crippen LogP contribution in [0.1, 0.15) is 51.3 Å². The summed E-state index contributed by atoms with van der Waals surface area (Å²) in [6.45, 7) is 13.3. The smallest absolute Gasteiger partial charge is 0.410 e. The van der Waals surface area contributed by atoms with Crippen molar-refractivity contribution >= 4 is 17.7 Å².